The van der Waals surface area contributed by atoms with Gasteiger partial charge in [-0.1, -0.05) is 24.3 Å². The fourth-order valence-corrected chi connectivity index (χ4v) is 3.32. The number of amides is 2. The van der Waals surface area contributed by atoms with E-state index in [-0.39, 0.29) is 17.3 Å². The van der Waals surface area contributed by atoms with Gasteiger partial charge in [0.2, 0.25) is 0 Å². The minimum Gasteiger partial charge on any atom is -0.424 e. The topological polar surface area (TPSA) is 106 Å². The van der Waals surface area contributed by atoms with Crippen LogP contribution in [-0.4, -0.2) is 30.6 Å². The maximum absolute atomic E-state index is 12.8. The maximum atomic E-state index is 12.8. The fraction of sp³-hybridized carbons (Fsp3) is 0.0417. The number of carbonyl (C=O) groups is 1. The molecule has 11 heteroatoms. The molecule has 0 saturated carbocycles. The van der Waals surface area contributed by atoms with E-state index in [0.29, 0.717) is 11.4 Å². The summed E-state index contributed by atoms with van der Waals surface area (Å²) >= 11 is 0. The Hall–Kier alpha value is -4.93. The van der Waals surface area contributed by atoms with Gasteiger partial charge in [0.05, 0.1) is 24.3 Å². The number of aromatic nitrogens is 5. The molecule has 2 amide bonds. The third-order valence-corrected chi connectivity index (χ3v) is 4.94. The predicted molar refractivity (Wildman–Crippen MR) is 125 cm³/mol. The lowest BCUT2D eigenvalue weighted by Crippen LogP contribution is -2.19. The van der Waals surface area contributed by atoms with Gasteiger partial charge in [-0.25, -0.2) is 33.0 Å². The molecule has 0 spiro atoms. The third kappa shape index (κ3) is 5.03. The number of carbonyl (C=O) groups excluding carboxylic acids is 1. The molecule has 3 heterocycles. The molecule has 2 aromatic carbocycles. The summed E-state index contributed by atoms with van der Waals surface area (Å²) in [5.74, 6) is 0.524. The first-order chi connectivity index (χ1) is 17.0. The summed E-state index contributed by atoms with van der Waals surface area (Å²) in [5.41, 5.74) is 2.93. The number of anilines is 2. The predicted octanol–water partition coefficient (Wildman–Crippen LogP) is 5.56. The number of halogens is 2. The summed E-state index contributed by atoms with van der Waals surface area (Å²) in [5, 5.41) is 9.31. The van der Waals surface area contributed by atoms with E-state index in [9.17, 15) is 13.6 Å². The van der Waals surface area contributed by atoms with Crippen molar-refractivity contribution in [1.29, 1.82) is 0 Å². The van der Waals surface area contributed by atoms with E-state index in [1.165, 1.54) is 36.7 Å². The van der Waals surface area contributed by atoms with Crippen LogP contribution in [0, 0.1) is 0 Å². The van der Waals surface area contributed by atoms with Crippen molar-refractivity contribution in [2.75, 3.05) is 10.6 Å². The molecule has 9 nitrogen and oxygen atoms in total. The lowest BCUT2D eigenvalue weighted by atomic mass is 10.1. The highest BCUT2D eigenvalue weighted by Gasteiger charge is 2.10. The molecule has 3 aromatic heterocycles. The highest BCUT2D eigenvalue weighted by Crippen LogP contribution is 2.27. The highest BCUT2D eigenvalue weighted by atomic mass is 19.3. The zero-order valence-electron chi connectivity index (χ0n) is 18.0. The zero-order valence-corrected chi connectivity index (χ0v) is 18.0. The minimum atomic E-state index is -2.63. The van der Waals surface area contributed by atoms with Gasteiger partial charge in [-0.2, -0.15) is 5.10 Å². The molecule has 0 fully saturated rings. The van der Waals surface area contributed by atoms with Crippen LogP contribution in [0.3, 0.4) is 0 Å². The molecule has 0 aliphatic carbocycles. The van der Waals surface area contributed by atoms with E-state index >= 15 is 0 Å². The summed E-state index contributed by atoms with van der Waals surface area (Å²) in [6.45, 7) is 0. The van der Waals surface area contributed by atoms with Crippen LogP contribution in [0.2, 0.25) is 0 Å². The fourth-order valence-electron chi connectivity index (χ4n) is 3.32. The summed E-state index contributed by atoms with van der Waals surface area (Å²) in [4.78, 5) is 24.7. The van der Waals surface area contributed by atoms with Crippen LogP contribution in [0.4, 0.5) is 25.0 Å². The second-order valence-electron chi connectivity index (χ2n) is 7.33. The van der Waals surface area contributed by atoms with Gasteiger partial charge < -0.3 is 15.4 Å². The van der Waals surface area contributed by atoms with Crippen LogP contribution in [0.25, 0.3) is 16.8 Å². The Morgan fingerprint density at radius 3 is 2.46 bits per heavy atom. The Morgan fingerprint density at radius 1 is 0.914 bits per heavy atom. The first-order valence-electron chi connectivity index (χ1n) is 10.4. The monoisotopic (exact) mass is 473 g/mol. The Morgan fingerprint density at radius 2 is 1.69 bits per heavy atom. The summed E-state index contributed by atoms with van der Waals surface area (Å²) in [6.07, 6.45) is 5.40. The first kappa shape index (κ1) is 21.9. The lowest BCUT2D eigenvalue weighted by Gasteiger charge is -2.09. The first-order valence-corrected chi connectivity index (χ1v) is 10.4. The molecule has 2 N–H and O–H groups in total. The zero-order chi connectivity index (χ0) is 24.2. The molecule has 35 heavy (non-hydrogen) atoms. The molecule has 0 unspecified atom stereocenters. The molecular weight excluding hydrogens is 456 g/mol. The molecule has 0 atom stereocenters. The van der Waals surface area contributed by atoms with E-state index in [1.54, 1.807) is 29.0 Å². The van der Waals surface area contributed by atoms with Crippen molar-refractivity contribution in [3.05, 3.63) is 91.1 Å². The van der Waals surface area contributed by atoms with Crippen molar-refractivity contribution >= 4 is 23.1 Å². The second-order valence-corrected chi connectivity index (χ2v) is 7.33. The minimum absolute atomic E-state index is 0.0889. The van der Waals surface area contributed by atoms with Crippen LogP contribution >= 0.6 is 0 Å². The van der Waals surface area contributed by atoms with E-state index in [1.807, 2.05) is 24.4 Å². The Bertz CT molecular complexity index is 1470. The van der Waals surface area contributed by atoms with Crippen molar-refractivity contribution in [1.82, 2.24) is 24.6 Å². The Labute approximate surface area is 197 Å². The van der Waals surface area contributed by atoms with E-state index in [2.05, 4.69) is 30.7 Å². The molecule has 174 valence electrons. The molecule has 5 aromatic rings. The van der Waals surface area contributed by atoms with Gasteiger partial charge in [0, 0.05) is 29.2 Å². The van der Waals surface area contributed by atoms with Gasteiger partial charge in [-0.3, -0.25) is 0 Å². The van der Waals surface area contributed by atoms with Gasteiger partial charge in [0.1, 0.15) is 5.75 Å². The van der Waals surface area contributed by atoms with Gasteiger partial charge in [0.25, 0.3) is 6.43 Å². The van der Waals surface area contributed by atoms with Gasteiger partial charge in [-0.05, 0) is 35.9 Å². The van der Waals surface area contributed by atoms with E-state index in [4.69, 9.17) is 4.74 Å². The number of fused-ring (bicyclic) bond motifs is 1. The summed E-state index contributed by atoms with van der Waals surface area (Å²) in [6, 6.07) is 14.0. The smallest absolute Gasteiger partial charge is 0.323 e. The van der Waals surface area contributed by atoms with Gasteiger partial charge >= 0.3 is 12.0 Å². The molecule has 0 aliphatic rings. The summed E-state index contributed by atoms with van der Waals surface area (Å²) < 4.78 is 33.0. The second kappa shape index (κ2) is 9.51. The van der Waals surface area contributed by atoms with Crippen LogP contribution in [0.15, 0.2) is 85.6 Å². The summed E-state index contributed by atoms with van der Waals surface area (Å²) in [7, 11) is 0. The standard InChI is InChI=1S/C24H17F2N7O2/c25-21(26)16-3-1-4-17(11-16)31-23(34)32-18-12-28-24(29-13-18)35-19-7-5-15(6-8-19)20-14-30-33-10-2-9-27-22(20)33/h1-14,21H,(H2,31,32,34). The van der Waals surface area contributed by atoms with E-state index < -0.39 is 12.5 Å². The van der Waals surface area contributed by atoms with Crippen molar-refractivity contribution in [3.8, 4) is 22.9 Å². The number of benzene rings is 2. The maximum Gasteiger partial charge on any atom is 0.323 e. The van der Waals surface area contributed by atoms with Crippen LogP contribution < -0.4 is 15.4 Å². The van der Waals surface area contributed by atoms with Crippen molar-refractivity contribution < 1.29 is 18.3 Å². The normalized spacial score (nSPS) is 10.9. The lowest BCUT2D eigenvalue weighted by molar-refractivity contribution is 0.151. The number of hydrogen-bond donors (Lipinski definition) is 2. The van der Waals surface area contributed by atoms with Crippen LogP contribution in [0.5, 0.6) is 11.8 Å². The van der Waals surface area contributed by atoms with Gasteiger partial charge in [-0.15, -0.1) is 0 Å². The van der Waals surface area contributed by atoms with Crippen LogP contribution in [0.1, 0.15) is 12.0 Å². The Kier molecular flexibility index (Phi) is 5.95. The molecule has 0 saturated heterocycles. The molecule has 0 radical (unpaired) electrons. The number of hydrogen-bond acceptors (Lipinski definition) is 6. The third-order valence-electron chi connectivity index (χ3n) is 4.94. The largest absolute Gasteiger partial charge is 0.424 e. The number of nitrogens with one attached hydrogen (secondary N) is 2. The molecule has 0 aliphatic heterocycles. The number of nitrogens with zero attached hydrogens (tertiary/aromatic N) is 5. The number of ether oxygens (including phenoxy) is 1. The average molecular weight is 473 g/mol. The van der Waals surface area contributed by atoms with Crippen molar-refractivity contribution in [2.45, 2.75) is 6.43 Å². The van der Waals surface area contributed by atoms with Crippen LogP contribution in [-0.2, 0) is 0 Å². The van der Waals surface area contributed by atoms with Crippen molar-refractivity contribution in [2.24, 2.45) is 0 Å². The van der Waals surface area contributed by atoms with E-state index in [0.717, 1.165) is 16.8 Å². The average Bonchev–Trinajstić information content (AvgIpc) is 3.30. The van der Waals surface area contributed by atoms with Crippen molar-refractivity contribution in [3.63, 3.8) is 0 Å². The number of urea groups is 1. The Balaban J connectivity index is 1.20. The van der Waals surface area contributed by atoms with Gasteiger partial charge in [0.15, 0.2) is 5.65 Å². The molecule has 0 bridgehead atoms. The quantitative estimate of drug-likeness (QED) is 0.334. The molecular formula is C24H17F2N7O2. The highest BCUT2D eigenvalue weighted by molar-refractivity contribution is 5.99. The SMILES string of the molecule is O=C(Nc1cnc(Oc2ccc(-c3cnn4cccnc34)cc2)nc1)Nc1cccc(C(F)F)c1. The molecule has 5 rings (SSSR count). The number of rotatable bonds is 6. The number of alkyl halides is 2.